The third-order valence-electron chi connectivity index (χ3n) is 4.74. The highest BCUT2D eigenvalue weighted by Crippen LogP contribution is 2.25. The standard InChI is InChI=1S/C19H20ClN5/c1-19(21)7-9-25(10-8-19)17-12-22-18-16(23-17)6-5-15(24-18)13-3-2-4-14(20)11-13/h2-6,11-12H,7-10,21H2,1H3. The maximum atomic E-state index is 6.21. The predicted octanol–water partition coefficient (Wildman–Crippen LogP) is 3.66. The van der Waals surface area contributed by atoms with Crippen LogP contribution < -0.4 is 10.6 Å². The van der Waals surface area contributed by atoms with Crippen LogP contribution in [0.25, 0.3) is 22.4 Å². The van der Waals surface area contributed by atoms with E-state index >= 15 is 0 Å². The number of fused-ring (bicyclic) bond motifs is 1. The van der Waals surface area contributed by atoms with Crippen molar-refractivity contribution in [2.24, 2.45) is 5.73 Å². The number of anilines is 1. The molecule has 0 unspecified atom stereocenters. The van der Waals surface area contributed by atoms with E-state index in [1.54, 1.807) is 6.20 Å². The van der Waals surface area contributed by atoms with Gasteiger partial charge in [0.2, 0.25) is 0 Å². The Kier molecular flexibility index (Phi) is 4.06. The Labute approximate surface area is 151 Å². The second-order valence-electron chi connectivity index (χ2n) is 6.92. The molecule has 0 aliphatic carbocycles. The number of hydrogen-bond donors (Lipinski definition) is 1. The van der Waals surface area contributed by atoms with Gasteiger partial charge in [-0.3, -0.25) is 0 Å². The summed E-state index contributed by atoms with van der Waals surface area (Å²) in [4.78, 5) is 16.1. The number of pyridine rings is 1. The Morgan fingerprint density at radius 2 is 1.92 bits per heavy atom. The zero-order valence-electron chi connectivity index (χ0n) is 14.1. The summed E-state index contributed by atoms with van der Waals surface area (Å²) in [6, 6.07) is 11.6. The lowest BCUT2D eigenvalue weighted by molar-refractivity contribution is 0.363. The molecule has 6 heteroatoms. The Morgan fingerprint density at radius 1 is 1.12 bits per heavy atom. The average molecular weight is 354 g/mol. The summed E-state index contributed by atoms with van der Waals surface area (Å²) in [5, 5.41) is 0.692. The van der Waals surface area contributed by atoms with Crippen molar-refractivity contribution in [3.05, 3.63) is 47.6 Å². The highest BCUT2D eigenvalue weighted by molar-refractivity contribution is 6.30. The molecule has 3 heterocycles. The van der Waals surface area contributed by atoms with Gasteiger partial charge < -0.3 is 10.6 Å². The van der Waals surface area contributed by atoms with Gasteiger partial charge in [-0.05, 0) is 44.0 Å². The van der Waals surface area contributed by atoms with E-state index in [4.69, 9.17) is 22.3 Å². The molecule has 4 rings (SSSR count). The summed E-state index contributed by atoms with van der Waals surface area (Å²) in [5.41, 5.74) is 9.38. The first-order valence-corrected chi connectivity index (χ1v) is 8.82. The first-order valence-electron chi connectivity index (χ1n) is 8.44. The lowest BCUT2D eigenvalue weighted by Gasteiger charge is -2.37. The Morgan fingerprint density at radius 3 is 2.68 bits per heavy atom. The van der Waals surface area contributed by atoms with Crippen LogP contribution in [0.1, 0.15) is 19.8 Å². The number of hydrogen-bond acceptors (Lipinski definition) is 5. The van der Waals surface area contributed by atoms with Crippen LogP contribution in [0.4, 0.5) is 5.82 Å². The molecule has 0 amide bonds. The molecular weight excluding hydrogens is 334 g/mol. The van der Waals surface area contributed by atoms with E-state index in [1.807, 2.05) is 36.4 Å². The van der Waals surface area contributed by atoms with Gasteiger partial charge >= 0.3 is 0 Å². The van der Waals surface area contributed by atoms with Crippen LogP contribution in [0, 0.1) is 0 Å². The quantitative estimate of drug-likeness (QED) is 0.761. The zero-order valence-corrected chi connectivity index (χ0v) is 14.9. The van der Waals surface area contributed by atoms with E-state index in [1.165, 1.54) is 0 Å². The van der Waals surface area contributed by atoms with E-state index in [0.717, 1.165) is 48.5 Å². The predicted molar refractivity (Wildman–Crippen MR) is 102 cm³/mol. The van der Waals surface area contributed by atoms with Gasteiger partial charge in [0.1, 0.15) is 11.3 Å². The Bertz CT molecular complexity index is 915. The fourth-order valence-electron chi connectivity index (χ4n) is 3.10. The zero-order chi connectivity index (χ0) is 17.4. The second-order valence-corrected chi connectivity index (χ2v) is 7.36. The minimum Gasteiger partial charge on any atom is -0.355 e. The number of halogens is 1. The summed E-state index contributed by atoms with van der Waals surface area (Å²) < 4.78 is 0. The average Bonchev–Trinajstić information content (AvgIpc) is 2.61. The molecule has 1 saturated heterocycles. The molecule has 25 heavy (non-hydrogen) atoms. The molecular formula is C19H20ClN5. The molecule has 2 N–H and O–H groups in total. The van der Waals surface area contributed by atoms with Crippen LogP contribution in [-0.2, 0) is 0 Å². The van der Waals surface area contributed by atoms with Crippen LogP contribution in [0.2, 0.25) is 5.02 Å². The highest BCUT2D eigenvalue weighted by Gasteiger charge is 2.26. The molecule has 0 radical (unpaired) electrons. The topological polar surface area (TPSA) is 67.9 Å². The van der Waals surface area contributed by atoms with Crippen molar-refractivity contribution in [1.82, 2.24) is 15.0 Å². The van der Waals surface area contributed by atoms with Crippen molar-refractivity contribution in [1.29, 1.82) is 0 Å². The lowest BCUT2D eigenvalue weighted by Crippen LogP contribution is -2.48. The molecule has 1 aliphatic heterocycles. The molecule has 3 aromatic rings. The van der Waals surface area contributed by atoms with E-state index < -0.39 is 0 Å². The van der Waals surface area contributed by atoms with Crippen LogP contribution in [0.3, 0.4) is 0 Å². The summed E-state index contributed by atoms with van der Waals surface area (Å²) in [6.45, 7) is 3.92. The molecule has 0 spiro atoms. The van der Waals surface area contributed by atoms with E-state index in [2.05, 4.69) is 21.8 Å². The van der Waals surface area contributed by atoms with Crippen molar-refractivity contribution in [2.75, 3.05) is 18.0 Å². The van der Waals surface area contributed by atoms with Crippen molar-refractivity contribution >= 4 is 28.6 Å². The molecule has 128 valence electrons. The molecule has 0 saturated carbocycles. The van der Waals surface area contributed by atoms with Crippen LogP contribution >= 0.6 is 11.6 Å². The Balaban J connectivity index is 1.63. The molecule has 0 atom stereocenters. The fraction of sp³-hybridized carbons (Fsp3) is 0.316. The van der Waals surface area contributed by atoms with Gasteiger partial charge in [0, 0.05) is 29.2 Å². The van der Waals surface area contributed by atoms with Gasteiger partial charge in [-0.15, -0.1) is 0 Å². The minimum absolute atomic E-state index is 0.0752. The third-order valence-corrected chi connectivity index (χ3v) is 4.98. The molecule has 1 fully saturated rings. The number of benzene rings is 1. The van der Waals surface area contributed by atoms with Crippen LogP contribution in [0.5, 0.6) is 0 Å². The lowest BCUT2D eigenvalue weighted by atomic mass is 9.91. The van der Waals surface area contributed by atoms with Gasteiger partial charge in [0.25, 0.3) is 0 Å². The SMILES string of the molecule is CC1(N)CCN(c2cnc3nc(-c4cccc(Cl)c4)ccc3n2)CC1. The van der Waals surface area contributed by atoms with Gasteiger partial charge in [0.05, 0.1) is 11.9 Å². The third kappa shape index (κ3) is 3.43. The second kappa shape index (κ2) is 6.24. The molecule has 1 aliphatic rings. The number of rotatable bonds is 2. The van der Waals surface area contributed by atoms with E-state index in [-0.39, 0.29) is 5.54 Å². The van der Waals surface area contributed by atoms with Crippen LogP contribution in [0.15, 0.2) is 42.6 Å². The number of nitrogens with zero attached hydrogens (tertiary/aromatic N) is 4. The van der Waals surface area contributed by atoms with Crippen molar-refractivity contribution in [2.45, 2.75) is 25.3 Å². The van der Waals surface area contributed by atoms with Gasteiger partial charge in [-0.1, -0.05) is 23.7 Å². The van der Waals surface area contributed by atoms with Gasteiger partial charge in [-0.2, -0.15) is 0 Å². The smallest absolute Gasteiger partial charge is 0.178 e. The number of aromatic nitrogens is 3. The Hall–Kier alpha value is -2.24. The molecule has 5 nitrogen and oxygen atoms in total. The van der Waals surface area contributed by atoms with Gasteiger partial charge in [0.15, 0.2) is 5.65 Å². The summed E-state index contributed by atoms with van der Waals surface area (Å²) in [5.74, 6) is 0.889. The summed E-state index contributed by atoms with van der Waals surface area (Å²) in [6.07, 6.45) is 3.72. The fourth-order valence-corrected chi connectivity index (χ4v) is 3.29. The van der Waals surface area contributed by atoms with Crippen molar-refractivity contribution in [3.8, 4) is 11.3 Å². The van der Waals surface area contributed by atoms with Crippen molar-refractivity contribution in [3.63, 3.8) is 0 Å². The first kappa shape index (κ1) is 16.2. The monoisotopic (exact) mass is 353 g/mol. The number of nitrogens with two attached hydrogens (primary N) is 1. The van der Waals surface area contributed by atoms with E-state index in [0.29, 0.717) is 10.7 Å². The largest absolute Gasteiger partial charge is 0.355 e. The van der Waals surface area contributed by atoms with Crippen LogP contribution in [-0.4, -0.2) is 33.6 Å². The molecule has 0 bridgehead atoms. The summed E-state index contributed by atoms with van der Waals surface area (Å²) in [7, 11) is 0. The van der Waals surface area contributed by atoms with Crippen molar-refractivity contribution < 1.29 is 0 Å². The molecule has 1 aromatic carbocycles. The summed E-state index contributed by atoms with van der Waals surface area (Å²) >= 11 is 6.07. The normalized spacial score (nSPS) is 17.0. The maximum absolute atomic E-state index is 6.21. The maximum Gasteiger partial charge on any atom is 0.178 e. The number of piperidine rings is 1. The minimum atomic E-state index is -0.0752. The van der Waals surface area contributed by atoms with E-state index in [9.17, 15) is 0 Å². The highest BCUT2D eigenvalue weighted by atomic mass is 35.5. The molecule has 2 aromatic heterocycles. The van der Waals surface area contributed by atoms with Gasteiger partial charge in [-0.25, -0.2) is 15.0 Å². The first-order chi connectivity index (χ1) is 12.0.